The number of anilines is 1. The number of hydrogen-bond acceptors (Lipinski definition) is 5. The van der Waals surface area contributed by atoms with E-state index in [1.165, 1.54) is 17.5 Å². The fourth-order valence-electron chi connectivity index (χ4n) is 4.16. The van der Waals surface area contributed by atoms with Crippen molar-refractivity contribution in [3.05, 3.63) is 59.7 Å². The molecule has 5 nitrogen and oxygen atoms in total. The normalized spacial score (nSPS) is 21.2. The Bertz CT molecular complexity index is 921. The standard InChI is InChI=1S/C20H19N3O2/c1-24-15-6-4-5-13(11-15)19-21-20(25-22-19)23-12-14-9-10-18(23)17-8-3-2-7-16(14)17/h2-8,11,14,18H,9-10,12H2,1H3/t14-,18+/m1/s1. The van der Waals surface area contributed by atoms with Crippen LogP contribution in [0.3, 0.4) is 0 Å². The summed E-state index contributed by atoms with van der Waals surface area (Å²) in [6.45, 7) is 0.946. The van der Waals surface area contributed by atoms with Gasteiger partial charge in [-0.05, 0) is 36.1 Å². The molecule has 0 saturated carbocycles. The van der Waals surface area contributed by atoms with Crippen molar-refractivity contribution in [3.63, 3.8) is 0 Å². The van der Waals surface area contributed by atoms with Crippen molar-refractivity contribution in [3.8, 4) is 17.1 Å². The molecule has 1 fully saturated rings. The lowest BCUT2D eigenvalue weighted by molar-refractivity contribution is 0.339. The van der Waals surface area contributed by atoms with E-state index in [9.17, 15) is 0 Å². The number of piperidine rings is 1. The van der Waals surface area contributed by atoms with Gasteiger partial charge in [0.25, 0.3) is 0 Å². The molecule has 3 aromatic rings. The van der Waals surface area contributed by atoms with Gasteiger partial charge in [-0.25, -0.2) is 0 Å². The lowest BCUT2D eigenvalue weighted by Gasteiger charge is -2.45. The maximum absolute atomic E-state index is 5.62. The van der Waals surface area contributed by atoms with Crippen molar-refractivity contribution >= 4 is 6.01 Å². The molecule has 2 atom stereocenters. The fraction of sp³-hybridized carbons (Fsp3) is 0.300. The quantitative estimate of drug-likeness (QED) is 0.719. The van der Waals surface area contributed by atoms with E-state index < -0.39 is 0 Å². The van der Waals surface area contributed by atoms with Crippen LogP contribution in [0.4, 0.5) is 6.01 Å². The molecule has 0 unspecified atom stereocenters. The Balaban J connectivity index is 1.49. The SMILES string of the molecule is COc1cccc(-c2noc(N3C[C@H]4CC[C@H]3c3ccccc34)n2)c1. The molecule has 0 spiro atoms. The average molecular weight is 333 g/mol. The molecule has 126 valence electrons. The van der Waals surface area contributed by atoms with Crippen LogP contribution in [0.15, 0.2) is 53.1 Å². The van der Waals surface area contributed by atoms with E-state index in [1.54, 1.807) is 7.11 Å². The summed E-state index contributed by atoms with van der Waals surface area (Å²) in [4.78, 5) is 6.93. The molecule has 1 saturated heterocycles. The zero-order valence-electron chi connectivity index (χ0n) is 14.1. The predicted octanol–water partition coefficient (Wildman–Crippen LogP) is 4.18. The first-order valence-electron chi connectivity index (χ1n) is 8.67. The number of methoxy groups -OCH3 is 1. The highest BCUT2D eigenvalue weighted by atomic mass is 16.5. The summed E-state index contributed by atoms with van der Waals surface area (Å²) in [5.74, 6) is 1.94. The number of nitrogens with zero attached hydrogens (tertiary/aromatic N) is 3. The van der Waals surface area contributed by atoms with Crippen LogP contribution in [0.1, 0.15) is 35.9 Å². The van der Waals surface area contributed by atoms with Crippen LogP contribution in [0.25, 0.3) is 11.4 Å². The average Bonchev–Trinajstić information content (AvgIpc) is 3.19. The third-order valence-electron chi connectivity index (χ3n) is 5.37. The monoisotopic (exact) mass is 333 g/mol. The molecule has 25 heavy (non-hydrogen) atoms. The Hall–Kier alpha value is -2.82. The first-order valence-corrected chi connectivity index (χ1v) is 8.67. The number of aromatic nitrogens is 2. The minimum absolute atomic E-state index is 0.333. The van der Waals surface area contributed by atoms with Crippen LogP contribution in [-0.2, 0) is 0 Å². The van der Waals surface area contributed by atoms with Crippen molar-refractivity contribution in [1.82, 2.24) is 10.1 Å². The molecular weight excluding hydrogens is 314 g/mol. The second-order valence-electron chi connectivity index (χ2n) is 6.70. The molecule has 0 N–H and O–H groups in total. The Morgan fingerprint density at radius 3 is 2.84 bits per heavy atom. The summed E-state index contributed by atoms with van der Waals surface area (Å²) < 4.78 is 10.9. The van der Waals surface area contributed by atoms with Gasteiger partial charge in [0.1, 0.15) is 5.75 Å². The van der Waals surface area contributed by atoms with Gasteiger partial charge in [0.05, 0.1) is 13.2 Å². The summed E-state index contributed by atoms with van der Waals surface area (Å²) in [6.07, 6.45) is 2.37. The van der Waals surface area contributed by atoms with Crippen molar-refractivity contribution in [2.24, 2.45) is 0 Å². The number of benzene rings is 2. The summed E-state index contributed by atoms with van der Waals surface area (Å²) in [5, 5.41) is 4.19. The van der Waals surface area contributed by atoms with Gasteiger partial charge in [-0.2, -0.15) is 4.98 Å². The third-order valence-corrected chi connectivity index (χ3v) is 5.37. The van der Waals surface area contributed by atoms with Gasteiger partial charge >= 0.3 is 6.01 Å². The minimum Gasteiger partial charge on any atom is -0.497 e. The van der Waals surface area contributed by atoms with Crippen molar-refractivity contribution in [2.45, 2.75) is 24.8 Å². The second-order valence-corrected chi connectivity index (χ2v) is 6.70. The molecule has 2 aliphatic heterocycles. The van der Waals surface area contributed by atoms with Gasteiger partial charge in [-0.1, -0.05) is 41.6 Å². The molecule has 0 amide bonds. The summed E-state index contributed by atoms with van der Waals surface area (Å²) in [5.41, 5.74) is 3.80. The Morgan fingerprint density at radius 1 is 1.08 bits per heavy atom. The lowest BCUT2D eigenvalue weighted by atomic mass is 9.75. The van der Waals surface area contributed by atoms with Crippen LogP contribution < -0.4 is 9.64 Å². The Kier molecular flexibility index (Phi) is 3.26. The first kappa shape index (κ1) is 14.5. The van der Waals surface area contributed by atoms with Crippen molar-refractivity contribution in [2.75, 3.05) is 18.6 Å². The highest BCUT2D eigenvalue weighted by Gasteiger charge is 2.40. The van der Waals surface area contributed by atoms with E-state index >= 15 is 0 Å². The molecule has 5 heteroatoms. The van der Waals surface area contributed by atoms with E-state index in [0.29, 0.717) is 23.8 Å². The predicted molar refractivity (Wildman–Crippen MR) is 94.8 cm³/mol. The maximum Gasteiger partial charge on any atom is 0.324 e. The van der Waals surface area contributed by atoms with Crippen LogP contribution in [0.2, 0.25) is 0 Å². The zero-order valence-corrected chi connectivity index (χ0v) is 14.1. The summed E-state index contributed by atoms with van der Waals surface area (Å²) in [7, 11) is 1.66. The summed E-state index contributed by atoms with van der Waals surface area (Å²) in [6, 6.07) is 17.4. The first-order chi connectivity index (χ1) is 12.3. The molecule has 0 radical (unpaired) electrons. The Labute approximate surface area is 146 Å². The van der Waals surface area contributed by atoms with E-state index in [0.717, 1.165) is 24.3 Å². The van der Waals surface area contributed by atoms with Gasteiger partial charge in [-0.3, -0.25) is 0 Å². The highest BCUT2D eigenvalue weighted by molar-refractivity contribution is 5.58. The molecule has 1 aliphatic carbocycles. The minimum atomic E-state index is 0.333. The smallest absolute Gasteiger partial charge is 0.324 e. The topological polar surface area (TPSA) is 51.4 Å². The molecule has 2 aromatic carbocycles. The maximum atomic E-state index is 5.62. The lowest BCUT2D eigenvalue weighted by Crippen LogP contribution is -2.42. The molecule has 3 heterocycles. The zero-order chi connectivity index (χ0) is 16.8. The molecule has 2 bridgehead atoms. The molecule has 3 aliphatic rings. The molecular formula is C20H19N3O2. The van der Waals surface area contributed by atoms with Crippen LogP contribution in [0.5, 0.6) is 5.75 Å². The van der Waals surface area contributed by atoms with E-state index in [4.69, 9.17) is 9.26 Å². The Morgan fingerprint density at radius 2 is 1.96 bits per heavy atom. The third kappa shape index (κ3) is 2.30. The fourth-order valence-corrected chi connectivity index (χ4v) is 4.16. The second kappa shape index (κ2) is 5.62. The van der Waals surface area contributed by atoms with E-state index in [1.807, 2.05) is 24.3 Å². The van der Waals surface area contributed by atoms with Crippen molar-refractivity contribution < 1.29 is 9.26 Å². The number of fused-ring (bicyclic) bond motifs is 2. The van der Waals surface area contributed by atoms with Gasteiger partial charge < -0.3 is 14.2 Å². The van der Waals surface area contributed by atoms with E-state index in [2.05, 4.69) is 39.3 Å². The van der Waals surface area contributed by atoms with Gasteiger partial charge in [-0.15, -0.1) is 0 Å². The van der Waals surface area contributed by atoms with Gasteiger partial charge in [0.15, 0.2) is 0 Å². The van der Waals surface area contributed by atoms with Crippen molar-refractivity contribution in [1.29, 1.82) is 0 Å². The summed E-state index contributed by atoms with van der Waals surface area (Å²) >= 11 is 0. The van der Waals surface area contributed by atoms with Crippen LogP contribution in [-0.4, -0.2) is 23.8 Å². The van der Waals surface area contributed by atoms with E-state index in [-0.39, 0.29) is 0 Å². The van der Waals surface area contributed by atoms with Crippen LogP contribution >= 0.6 is 0 Å². The van der Waals surface area contributed by atoms with Crippen LogP contribution in [0, 0.1) is 0 Å². The highest BCUT2D eigenvalue weighted by Crippen LogP contribution is 2.48. The molecule has 6 rings (SSSR count). The number of hydrogen-bond donors (Lipinski definition) is 0. The van der Waals surface area contributed by atoms with Gasteiger partial charge in [0.2, 0.25) is 5.82 Å². The largest absolute Gasteiger partial charge is 0.497 e. The van der Waals surface area contributed by atoms with Gasteiger partial charge in [0, 0.05) is 18.0 Å². The number of rotatable bonds is 3. The number of ether oxygens (including phenoxy) is 1. The molecule has 1 aromatic heterocycles.